The van der Waals surface area contributed by atoms with Crippen LogP contribution in [0.15, 0.2) is 6.20 Å². The van der Waals surface area contributed by atoms with Crippen molar-refractivity contribution >= 4 is 11.6 Å². The fourth-order valence-corrected chi connectivity index (χ4v) is 1.71. The molecule has 0 spiro atoms. The Labute approximate surface area is 103 Å². The maximum atomic E-state index is 5.92. The first-order valence-corrected chi connectivity index (χ1v) is 6.37. The van der Waals surface area contributed by atoms with Gasteiger partial charge in [0.1, 0.15) is 0 Å². The van der Waals surface area contributed by atoms with Gasteiger partial charge in [-0.3, -0.25) is 4.68 Å². The molecule has 92 valence electrons. The molecule has 0 amide bonds. The van der Waals surface area contributed by atoms with Crippen molar-refractivity contribution in [2.45, 2.75) is 40.2 Å². The minimum atomic E-state index is 0.750. The Morgan fingerprint density at radius 1 is 1.44 bits per heavy atom. The van der Waals surface area contributed by atoms with Gasteiger partial charge >= 0.3 is 0 Å². The summed E-state index contributed by atoms with van der Waals surface area (Å²) in [7, 11) is 0. The number of rotatable bonds is 7. The highest BCUT2D eigenvalue weighted by atomic mass is 35.5. The van der Waals surface area contributed by atoms with Crippen LogP contribution in [-0.2, 0) is 6.54 Å². The van der Waals surface area contributed by atoms with Gasteiger partial charge in [0.15, 0.2) is 0 Å². The molecule has 0 aliphatic rings. The molecule has 1 N–H and O–H groups in total. The Bertz CT molecular complexity index is 288. The zero-order valence-electron chi connectivity index (χ0n) is 10.5. The highest BCUT2D eigenvalue weighted by molar-refractivity contribution is 6.31. The Kier molecular flexibility index (Phi) is 5.85. The predicted molar refractivity (Wildman–Crippen MR) is 68.9 cm³/mol. The van der Waals surface area contributed by atoms with Gasteiger partial charge in [-0.05, 0) is 32.2 Å². The van der Waals surface area contributed by atoms with Crippen molar-refractivity contribution in [3.63, 3.8) is 0 Å². The molecule has 0 saturated heterocycles. The second-order valence-electron chi connectivity index (χ2n) is 4.61. The van der Waals surface area contributed by atoms with Crippen molar-refractivity contribution in [1.29, 1.82) is 0 Å². The third-order valence-corrected chi connectivity index (χ3v) is 2.91. The third kappa shape index (κ3) is 4.99. The first kappa shape index (κ1) is 13.5. The van der Waals surface area contributed by atoms with Gasteiger partial charge in [-0.2, -0.15) is 5.10 Å². The van der Waals surface area contributed by atoms with Crippen LogP contribution in [0, 0.1) is 12.8 Å². The summed E-state index contributed by atoms with van der Waals surface area (Å²) < 4.78 is 1.90. The molecule has 0 radical (unpaired) electrons. The first-order valence-electron chi connectivity index (χ1n) is 6.00. The summed E-state index contributed by atoms with van der Waals surface area (Å²) in [5, 5.41) is 8.46. The SMILES string of the molecule is Cc1nn(CCNCCCC(C)C)cc1Cl. The van der Waals surface area contributed by atoms with E-state index in [2.05, 4.69) is 24.3 Å². The van der Waals surface area contributed by atoms with Crippen molar-refractivity contribution in [3.05, 3.63) is 16.9 Å². The molecule has 0 unspecified atom stereocenters. The molecule has 1 heterocycles. The number of halogens is 1. The van der Waals surface area contributed by atoms with Crippen LogP contribution in [0.5, 0.6) is 0 Å². The summed E-state index contributed by atoms with van der Waals surface area (Å²) in [4.78, 5) is 0. The maximum absolute atomic E-state index is 5.92. The van der Waals surface area contributed by atoms with E-state index < -0.39 is 0 Å². The van der Waals surface area contributed by atoms with Crippen molar-refractivity contribution < 1.29 is 0 Å². The molecule has 1 aromatic heterocycles. The zero-order valence-corrected chi connectivity index (χ0v) is 11.2. The van der Waals surface area contributed by atoms with Gasteiger partial charge in [-0.1, -0.05) is 25.4 Å². The van der Waals surface area contributed by atoms with Gasteiger partial charge in [0.05, 0.1) is 17.3 Å². The second kappa shape index (κ2) is 6.92. The highest BCUT2D eigenvalue weighted by Crippen LogP contribution is 2.11. The molecule has 0 bridgehead atoms. The molecule has 3 nitrogen and oxygen atoms in total. The average molecular weight is 244 g/mol. The fraction of sp³-hybridized carbons (Fsp3) is 0.750. The predicted octanol–water partition coefficient (Wildman–Crippen LogP) is 2.87. The van der Waals surface area contributed by atoms with E-state index in [-0.39, 0.29) is 0 Å². The molecule has 0 aromatic carbocycles. The number of aryl methyl sites for hydroxylation is 1. The number of aromatic nitrogens is 2. The third-order valence-electron chi connectivity index (χ3n) is 2.54. The Hall–Kier alpha value is -0.540. The lowest BCUT2D eigenvalue weighted by Crippen LogP contribution is -2.21. The van der Waals surface area contributed by atoms with Crippen LogP contribution < -0.4 is 5.32 Å². The largest absolute Gasteiger partial charge is 0.315 e. The van der Waals surface area contributed by atoms with Gasteiger partial charge in [-0.25, -0.2) is 0 Å². The standard InChI is InChI=1S/C12H22ClN3/c1-10(2)5-4-6-14-7-8-16-9-12(13)11(3)15-16/h9-10,14H,4-8H2,1-3H3. The maximum Gasteiger partial charge on any atom is 0.0814 e. The molecule has 0 saturated carbocycles. The molecule has 0 fully saturated rings. The van der Waals surface area contributed by atoms with E-state index in [9.17, 15) is 0 Å². The molecule has 4 heteroatoms. The van der Waals surface area contributed by atoms with Crippen molar-refractivity contribution in [2.75, 3.05) is 13.1 Å². The van der Waals surface area contributed by atoms with E-state index in [0.717, 1.165) is 36.3 Å². The Morgan fingerprint density at radius 3 is 2.75 bits per heavy atom. The normalized spacial score (nSPS) is 11.3. The molecule has 0 aliphatic carbocycles. The average Bonchev–Trinajstić information content (AvgIpc) is 2.52. The number of hydrogen-bond acceptors (Lipinski definition) is 2. The van der Waals surface area contributed by atoms with E-state index in [0.29, 0.717) is 0 Å². The van der Waals surface area contributed by atoms with Crippen LogP contribution >= 0.6 is 11.6 Å². The van der Waals surface area contributed by atoms with Crippen molar-refractivity contribution in [1.82, 2.24) is 15.1 Å². The summed E-state index contributed by atoms with van der Waals surface area (Å²) in [6.45, 7) is 9.37. The van der Waals surface area contributed by atoms with E-state index in [1.54, 1.807) is 0 Å². The number of nitrogens with zero attached hydrogens (tertiary/aromatic N) is 2. The summed E-state index contributed by atoms with van der Waals surface area (Å²) in [6.07, 6.45) is 4.42. The van der Waals surface area contributed by atoms with Gasteiger partial charge in [0.25, 0.3) is 0 Å². The van der Waals surface area contributed by atoms with Gasteiger partial charge < -0.3 is 5.32 Å². The monoisotopic (exact) mass is 243 g/mol. The van der Waals surface area contributed by atoms with Gasteiger partial charge in [0, 0.05) is 12.7 Å². The lowest BCUT2D eigenvalue weighted by Gasteiger charge is -2.06. The van der Waals surface area contributed by atoms with E-state index in [1.807, 2.05) is 17.8 Å². The summed E-state index contributed by atoms with van der Waals surface area (Å²) >= 11 is 5.92. The summed E-state index contributed by atoms with van der Waals surface area (Å²) in [5.74, 6) is 0.800. The highest BCUT2D eigenvalue weighted by Gasteiger charge is 2.00. The molecule has 0 aliphatic heterocycles. The van der Waals surface area contributed by atoms with E-state index in [1.165, 1.54) is 12.8 Å². The Morgan fingerprint density at radius 2 is 2.19 bits per heavy atom. The smallest absolute Gasteiger partial charge is 0.0814 e. The minimum absolute atomic E-state index is 0.750. The lowest BCUT2D eigenvalue weighted by atomic mass is 10.1. The first-order chi connectivity index (χ1) is 7.59. The van der Waals surface area contributed by atoms with Crippen LogP contribution in [0.1, 0.15) is 32.4 Å². The number of nitrogens with one attached hydrogen (secondary N) is 1. The van der Waals surface area contributed by atoms with Crippen LogP contribution in [0.3, 0.4) is 0 Å². The van der Waals surface area contributed by atoms with Crippen LogP contribution in [0.25, 0.3) is 0 Å². The molecule has 1 rings (SSSR count). The van der Waals surface area contributed by atoms with E-state index >= 15 is 0 Å². The van der Waals surface area contributed by atoms with E-state index in [4.69, 9.17) is 11.6 Å². The molecule has 0 atom stereocenters. The van der Waals surface area contributed by atoms with Crippen molar-refractivity contribution in [3.8, 4) is 0 Å². The molecule has 1 aromatic rings. The number of hydrogen-bond donors (Lipinski definition) is 1. The van der Waals surface area contributed by atoms with Gasteiger partial charge in [-0.15, -0.1) is 0 Å². The second-order valence-corrected chi connectivity index (χ2v) is 5.02. The molecular formula is C12H22ClN3. The topological polar surface area (TPSA) is 29.9 Å². The van der Waals surface area contributed by atoms with Gasteiger partial charge in [0.2, 0.25) is 0 Å². The van der Waals surface area contributed by atoms with Crippen LogP contribution in [0.4, 0.5) is 0 Å². The van der Waals surface area contributed by atoms with Crippen LogP contribution in [0.2, 0.25) is 5.02 Å². The molecular weight excluding hydrogens is 222 g/mol. The zero-order chi connectivity index (χ0) is 12.0. The quantitative estimate of drug-likeness (QED) is 0.747. The summed E-state index contributed by atoms with van der Waals surface area (Å²) in [6, 6.07) is 0. The molecule has 16 heavy (non-hydrogen) atoms. The van der Waals surface area contributed by atoms with Crippen LogP contribution in [-0.4, -0.2) is 22.9 Å². The summed E-state index contributed by atoms with van der Waals surface area (Å²) in [5.41, 5.74) is 0.904. The Balaban J connectivity index is 2.07. The van der Waals surface area contributed by atoms with Crippen molar-refractivity contribution in [2.24, 2.45) is 5.92 Å². The minimum Gasteiger partial charge on any atom is -0.315 e. The lowest BCUT2D eigenvalue weighted by molar-refractivity contribution is 0.504. The fourth-order valence-electron chi connectivity index (χ4n) is 1.56.